The molecule has 1 aromatic carbocycles. The molecule has 32 heavy (non-hydrogen) atoms. The van der Waals surface area contributed by atoms with Crippen molar-refractivity contribution in [2.45, 2.75) is 20.0 Å². The summed E-state index contributed by atoms with van der Waals surface area (Å²) in [6.07, 6.45) is -4.22. The van der Waals surface area contributed by atoms with Crippen molar-refractivity contribution in [1.29, 1.82) is 0 Å². The van der Waals surface area contributed by atoms with Crippen molar-refractivity contribution in [3.8, 4) is 5.88 Å². The molecule has 0 saturated carbocycles. The molecule has 0 saturated heterocycles. The summed E-state index contributed by atoms with van der Waals surface area (Å²) in [7, 11) is 1.41. The smallest absolute Gasteiger partial charge is 0.417 e. The van der Waals surface area contributed by atoms with E-state index in [1.165, 1.54) is 32.2 Å². The molecule has 0 unspecified atom stereocenters. The SMILES string of the molecule is COc1ccc(NC(=O)c2cc(C(F)(F)F)cnc2Nc2ccc(F)c(F)c2C)c(C)n1. The highest BCUT2D eigenvalue weighted by atomic mass is 19.4. The number of nitrogens with zero attached hydrogens (tertiary/aromatic N) is 2. The van der Waals surface area contributed by atoms with Gasteiger partial charge in [-0.2, -0.15) is 13.2 Å². The van der Waals surface area contributed by atoms with E-state index in [2.05, 4.69) is 20.6 Å². The fraction of sp³-hybridized carbons (Fsp3) is 0.190. The van der Waals surface area contributed by atoms with Crippen LogP contribution in [0.15, 0.2) is 36.5 Å². The van der Waals surface area contributed by atoms with Crippen LogP contribution in [0.25, 0.3) is 0 Å². The Morgan fingerprint density at radius 2 is 1.75 bits per heavy atom. The van der Waals surface area contributed by atoms with Gasteiger partial charge in [0.2, 0.25) is 5.88 Å². The van der Waals surface area contributed by atoms with Gasteiger partial charge in [0.05, 0.1) is 29.6 Å². The van der Waals surface area contributed by atoms with Crippen LogP contribution in [0.2, 0.25) is 0 Å². The Morgan fingerprint density at radius 3 is 2.38 bits per heavy atom. The number of hydrogen-bond acceptors (Lipinski definition) is 5. The highest BCUT2D eigenvalue weighted by Gasteiger charge is 2.33. The number of nitrogens with one attached hydrogen (secondary N) is 2. The molecule has 0 fully saturated rings. The molecule has 1 amide bonds. The molecule has 2 aromatic heterocycles. The summed E-state index contributed by atoms with van der Waals surface area (Å²) in [4.78, 5) is 20.7. The van der Waals surface area contributed by atoms with Gasteiger partial charge in [-0.15, -0.1) is 0 Å². The number of aromatic nitrogens is 2. The highest BCUT2D eigenvalue weighted by molar-refractivity contribution is 6.08. The number of pyridine rings is 2. The second-order valence-corrected chi connectivity index (χ2v) is 6.72. The standard InChI is InChI=1S/C21H17F5N4O2/c1-10-15(5-4-14(22)18(10)23)29-19-13(8-12(9-27-19)21(24,25)26)20(31)30-16-6-7-17(32-3)28-11(16)2/h4-9H,1-3H3,(H,27,29)(H,30,31). The first-order chi connectivity index (χ1) is 15.0. The van der Waals surface area contributed by atoms with Crippen LogP contribution >= 0.6 is 0 Å². The molecule has 0 aliphatic carbocycles. The van der Waals surface area contributed by atoms with Crippen molar-refractivity contribution in [3.05, 3.63) is 70.5 Å². The summed E-state index contributed by atoms with van der Waals surface area (Å²) >= 11 is 0. The fourth-order valence-corrected chi connectivity index (χ4v) is 2.78. The monoisotopic (exact) mass is 452 g/mol. The average Bonchev–Trinajstić information content (AvgIpc) is 2.74. The molecule has 0 aliphatic heterocycles. The van der Waals surface area contributed by atoms with Crippen LogP contribution in [-0.4, -0.2) is 23.0 Å². The first-order valence-electron chi connectivity index (χ1n) is 9.13. The van der Waals surface area contributed by atoms with E-state index in [4.69, 9.17) is 4.74 Å². The molecule has 2 heterocycles. The van der Waals surface area contributed by atoms with Crippen LogP contribution in [-0.2, 0) is 6.18 Å². The number of benzene rings is 1. The van der Waals surface area contributed by atoms with Gasteiger partial charge in [0.1, 0.15) is 5.82 Å². The average molecular weight is 452 g/mol. The summed E-state index contributed by atoms with van der Waals surface area (Å²) in [6.45, 7) is 2.85. The van der Waals surface area contributed by atoms with Crippen molar-refractivity contribution >= 4 is 23.1 Å². The Morgan fingerprint density at radius 1 is 1.06 bits per heavy atom. The Hall–Kier alpha value is -3.76. The third-order valence-electron chi connectivity index (χ3n) is 4.57. The molecule has 6 nitrogen and oxygen atoms in total. The van der Waals surface area contributed by atoms with Crippen molar-refractivity contribution in [2.75, 3.05) is 17.7 Å². The van der Waals surface area contributed by atoms with Gasteiger partial charge in [-0.05, 0) is 38.1 Å². The van der Waals surface area contributed by atoms with E-state index in [1.807, 2.05) is 0 Å². The molecule has 2 N–H and O–H groups in total. The lowest BCUT2D eigenvalue weighted by Crippen LogP contribution is -2.18. The number of hydrogen-bond donors (Lipinski definition) is 2. The van der Waals surface area contributed by atoms with Gasteiger partial charge in [-0.3, -0.25) is 4.79 Å². The van der Waals surface area contributed by atoms with E-state index in [9.17, 15) is 26.7 Å². The van der Waals surface area contributed by atoms with Gasteiger partial charge in [0, 0.05) is 23.5 Å². The third-order valence-corrected chi connectivity index (χ3v) is 4.57. The Labute approximate surface area is 179 Å². The van der Waals surface area contributed by atoms with Crippen molar-refractivity contribution in [1.82, 2.24) is 9.97 Å². The second-order valence-electron chi connectivity index (χ2n) is 6.72. The molecule has 11 heteroatoms. The zero-order valence-electron chi connectivity index (χ0n) is 17.1. The third kappa shape index (κ3) is 4.76. The predicted octanol–water partition coefficient (Wildman–Crippen LogP) is 5.39. The maximum atomic E-state index is 13.9. The molecule has 0 aliphatic rings. The first kappa shape index (κ1) is 22.9. The van der Waals surface area contributed by atoms with Gasteiger partial charge >= 0.3 is 6.18 Å². The Kier molecular flexibility index (Phi) is 6.28. The fourth-order valence-electron chi connectivity index (χ4n) is 2.78. The maximum Gasteiger partial charge on any atom is 0.417 e. The second kappa shape index (κ2) is 8.77. The van der Waals surface area contributed by atoms with Crippen LogP contribution in [0, 0.1) is 25.5 Å². The number of alkyl halides is 3. The first-order valence-corrected chi connectivity index (χ1v) is 9.13. The molecule has 0 atom stereocenters. The minimum Gasteiger partial charge on any atom is -0.481 e. The van der Waals surface area contributed by atoms with Crippen LogP contribution < -0.4 is 15.4 Å². The lowest BCUT2D eigenvalue weighted by Gasteiger charge is -2.16. The maximum absolute atomic E-state index is 13.9. The molecule has 168 valence electrons. The van der Waals surface area contributed by atoms with Crippen molar-refractivity contribution < 1.29 is 31.5 Å². The minimum atomic E-state index is -4.75. The van der Waals surface area contributed by atoms with Crippen molar-refractivity contribution in [3.63, 3.8) is 0 Å². The number of halogens is 5. The summed E-state index contributed by atoms with van der Waals surface area (Å²) in [5, 5.41) is 5.08. The van der Waals surface area contributed by atoms with Crippen LogP contribution in [0.4, 0.5) is 39.1 Å². The number of methoxy groups -OCH3 is 1. The topological polar surface area (TPSA) is 76.1 Å². The lowest BCUT2D eigenvalue weighted by atomic mass is 10.1. The van der Waals surface area contributed by atoms with Gasteiger partial charge in [-0.1, -0.05) is 0 Å². The van der Waals surface area contributed by atoms with Crippen LogP contribution in [0.3, 0.4) is 0 Å². The van der Waals surface area contributed by atoms with E-state index < -0.39 is 34.8 Å². The lowest BCUT2D eigenvalue weighted by molar-refractivity contribution is -0.137. The predicted molar refractivity (Wildman–Crippen MR) is 107 cm³/mol. The van der Waals surface area contributed by atoms with Crippen molar-refractivity contribution in [2.24, 2.45) is 0 Å². The summed E-state index contributed by atoms with van der Waals surface area (Å²) < 4.78 is 71.9. The molecular formula is C21H17F5N4O2. The Bertz CT molecular complexity index is 1180. The number of aryl methyl sites for hydroxylation is 1. The van der Waals surface area contributed by atoms with Crippen LogP contribution in [0.1, 0.15) is 27.2 Å². The summed E-state index contributed by atoms with van der Waals surface area (Å²) in [6, 6.07) is 5.60. The van der Waals surface area contributed by atoms with E-state index in [0.29, 0.717) is 18.0 Å². The van der Waals surface area contributed by atoms with E-state index >= 15 is 0 Å². The van der Waals surface area contributed by atoms with E-state index in [1.54, 1.807) is 6.92 Å². The molecule has 0 bridgehead atoms. The van der Waals surface area contributed by atoms with Gasteiger partial charge < -0.3 is 15.4 Å². The number of carbonyl (C=O) groups excluding carboxylic acids is 1. The van der Waals surface area contributed by atoms with Gasteiger partial charge in [0.25, 0.3) is 5.91 Å². The molecule has 0 spiro atoms. The number of carbonyl (C=O) groups is 1. The largest absolute Gasteiger partial charge is 0.481 e. The quantitative estimate of drug-likeness (QED) is 0.508. The number of ether oxygens (including phenoxy) is 1. The van der Waals surface area contributed by atoms with Crippen LogP contribution in [0.5, 0.6) is 5.88 Å². The van der Waals surface area contributed by atoms with Gasteiger partial charge in [-0.25, -0.2) is 18.7 Å². The summed E-state index contributed by atoms with van der Waals surface area (Å²) in [5.41, 5.74) is -1.11. The zero-order chi connectivity index (χ0) is 23.6. The highest BCUT2D eigenvalue weighted by Crippen LogP contribution is 2.32. The number of amides is 1. The van der Waals surface area contributed by atoms with E-state index in [0.717, 1.165) is 6.07 Å². The summed E-state index contributed by atoms with van der Waals surface area (Å²) in [5.74, 6) is -3.12. The molecule has 3 aromatic rings. The molecular weight excluding hydrogens is 435 g/mol. The number of rotatable bonds is 5. The Balaban J connectivity index is 2.02. The molecule has 3 rings (SSSR count). The normalized spacial score (nSPS) is 11.2. The number of anilines is 3. The van der Waals surface area contributed by atoms with Gasteiger partial charge in [0.15, 0.2) is 11.6 Å². The van der Waals surface area contributed by atoms with E-state index in [-0.39, 0.29) is 28.6 Å². The zero-order valence-corrected chi connectivity index (χ0v) is 17.1. The molecule has 0 radical (unpaired) electrons. The minimum absolute atomic E-state index is 0.0347.